The van der Waals surface area contributed by atoms with Crippen LogP contribution in [0.5, 0.6) is 0 Å². The Morgan fingerprint density at radius 3 is 2.75 bits per heavy atom. The van der Waals surface area contributed by atoms with Crippen molar-refractivity contribution in [2.45, 2.75) is 25.0 Å². The average Bonchev–Trinajstić information content (AvgIpc) is 2.88. The van der Waals surface area contributed by atoms with Gasteiger partial charge in [0.2, 0.25) is 5.78 Å². The van der Waals surface area contributed by atoms with Crippen LogP contribution in [-0.4, -0.2) is 42.5 Å². The maximum absolute atomic E-state index is 11.8. The van der Waals surface area contributed by atoms with Crippen LogP contribution in [0, 0.1) is 0 Å². The molecule has 0 aromatic carbocycles. The summed E-state index contributed by atoms with van der Waals surface area (Å²) in [6.45, 7) is 2.20. The summed E-state index contributed by atoms with van der Waals surface area (Å²) in [4.78, 5) is 14.0. The van der Waals surface area contributed by atoms with E-state index in [-0.39, 0.29) is 5.78 Å². The molecule has 0 aliphatic carbocycles. The Bertz CT molecular complexity index is 362. The van der Waals surface area contributed by atoms with Gasteiger partial charge < -0.3 is 9.15 Å². The molecule has 1 aromatic rings. The number of fused-ring (bicyclic) bond motifs is 2. The number of nitrogens with zero attached hydrogens (tertiary/aromatic N) is 1. The van der Waals surface area contributed by atoms with Crippen molar-refractivity contribution in [1.82, 2.24) is 4.90 Å². The zero-order valence-corrected chi connectivity index (χ0v) is 9.09. The molecule has 3 rings (SSSR count). The fourth-order valence-corrected chi connectivity index (χ4v) is 2.55. The van der Waals surface area contributed by atoms with Crippen LogP contribution in [0.25, 0.3) is 0 Å². The van der Waals surface area contributed by atoms with E-state index in [1.807, 2.05) is 0 Å². The van der Waals surface area contributed by atoms with E-state index < -0.39 is 0 Å². The number of rotatable bonds is 3. The summed E-state index contributed by atoms with van der Waals surface area (Å²) in [5.41, 5.74) is 0. The highest BCUT2D eigenvalue weighted by atomic mass is 16.5. The van der Waals surface area contributed by atoms with Gasteiger partial charge in [-0.2, -0.15) is 0 Å². The van der Waals surface area contributed by atoms with E-state index in [1.165, 1.54) is 6.26 Å². The number of carbonyl (C=O) groups excluding carboxylic acids is 1. The fraction of sp³-hybridized carbons (Fsp3) is 0.583. The molecule has 2 aliphatic rings. The second kappa shape index (κ2) is 4.03. The van der Waals surface area contributed by atoms with Gasteiger partial charge in [0, 0.05) is 13.1 Å². The number of furan rings is 1. The number of hydrogen-bond acceptors (Lipinski definition) is 4. The third-order valence-electron chi connectivity index (χ3n) is 3.28. The topological polar surface area (TPSA) is 42.7 Å². The molecule has 4 heteroatoms. The minimum Gasteiger partial charge on any atom is -0.461 e. The minimum absolute atomic E-state index is 0.0614. The summed E-state index contributed by atoms with van der Waals surface area (Å²) in [5, 5.41) is 0. The molecule has 2 fully saturated rings. The molecule has 0 spiro atoms. The van der Waals surface area contributed by atoms with Crippen molar-refractivity contribution in [3.63, 3.8) is 0 Å². The van der Waals surface area contributed by atoms with Crippen LogP contribution in [0.4, 0.5) is 0 Å². The van der Waals surface area contributed by atoms with Crippen molar-refractivity contribution in [3.8, 4) is 0 Å². The molecule has 3 heterocycles. The highest BCUT2D eigenvalue weighted by Gasteiger charge is 2.34. The summed E-state index contributed by atoms with van der Waals surface area (Å²) in [6, 6.07) is 3.47. The van der Waals surface area contributed by atoms with E-state index in [2.05, 4.69) is 4.90 Å². The predicted octanol–water partition coefficient (Wildman–Crippen LogP) is 1.33. The summed E-state index contributed by atoms with van der Waals surface area (Å²) >= 11 is 0. The van der Waals surface area contributed by atoms with Gasteiger partial charge >= 0.3 is 0 Å². The maximum Gasteiger partial charge on any atom is 0.211 e. The second-order valence-corrected chi connectivity index (χ2v) is 4.55. The standard InChI is InChI=1S/C12H15NO3/c14-11(12-2-1-5-15-12)8-13-6-9-3-4-10(7-13)16-9/h1-2,5,9-10H,3-4,6-8H2. The van der Waals surface area contributed by atoms with Gasteiger partial charge in [-0.1, -0.05) is 0 Å². The number of ether oxygens (including phenoxy) is 1. The number of likely N-dealkylation sites (tertiary alicyclic amines) is 1. The summed E-state index contributed by atoms with van der Waals surface area (Å²) < 4.78 is 10.8. The highest BCUT2D eigenvalue weighted by molar-refractivity contribution is 5.95. The average molecular weight is 221 g/mol. The molecular weight excluding hydrogens is 206 g/mol. The van der Waals surface area contributed by atoms with Gasteiger partial charge in [0.25, 0.3) is 0 Å². The van der Waals surface area contributed by atoms with Crippen LogP contribution in [0.3, 0.4) is 0 Å². The Kier molecular flexibility index (Phi) is 2.53. The molecular formula is C12H15NO3. The number of ketones is 1. The van der Waals surface area contributed by atoms with E-state index in [9.17, 15) is 4.79 Å². The van der Waals surface area contributed by atoms with Crippen molar-refractivity contribution >= 4 is 5.78 Å². The molecule has 2 saturated heterocycles. The summed E-state index contributed by atoms with van der Waals surface area (Å²) in [5.74, 6) is 0.519. The van der Waals surface area contributed by atoms with Gasteiger partial charge in [-0.3, -0.25) is 9.69 Å². The van der Waals surface area contributed by atoms with Crippen molar-refractivity contribution in [1.29, 1.82) is 0 Å². The first-order valence-corrected chi connectivity index (χ1v) is 5.76. The molecule has 2 bridgehead atoms. The maximum atomic E-state index is 11.8. The Morgan fingerprint density at radius 1 is 1.38 bits per heavy atom. The van der Waals surface area contributed by atoms with Gasteiger partial charge in [-0.25, -0.2) is 0 Å². The number of hydrogen-bond donors (Lipinski definition) is 0. The summed E-state index contributed by atoms with van der Waals surface area (Å²) in [6.07, 6.45) is 4.48. The number of morpholine rings is 1. The fourth-order valence-electron chi connectivity index (χ4n) is 2.55. The van der Waals surface area contributed by atoms with Gasteiger partial charge in [-0.05, 0) is 25.0 Å². The van der Waals surface area contributed by atoms with Crippen LogP contribution in [0.2, 0.25) is 0 Å². The Morgan fingerprint density at radius 2 is 2.12 bits per heavy atom. The molecule has 4 nitrogen and oxygen atoms in total. The first-order chi connectivity index (χ1) is 7.81. The lowest BCUT2D eigenvalue weighted by Gasteiger charge is -2.31. The Balaban J connectivity index is 1.61. The minimum atomic E-state index is 0.0614. The number of carbonyl (C=O) groups is 1. The zero-order valence-electron chi connectivity index (χ0n) is 9.09. The lowest BCUT2D eigenvalue weighted by molar-refractivity contribution is -0.0357. The van der Waals surface area contributed by atoms with E-state index in [4.69, 9.17) is 9.15 Å². The van der Waals surface area contributed by atoms with Crippen LogP contribution in [0.15, 0.2) is 22.8 Å². The highest BCUT2D eigenvalue weighted by Crippen LogP contribution is 2.26. The first-order valence-electron chi connectivity index (χ1n) is 5.76. The molecule has 16 heavy (non-hydrogen) atoms. The van der Waals surface area contributed by atoms with Crippen LogP contribution in [0.1, 0.15) is 23.4 Å². The normalized spacial score (nSPS) is 29.5. The zero-order chi connectivity index (χ0) is 11.0. The van der Waals surface area contributed by atoms with E-state index in [1.54, 1.807) is 12.1 Å². The lowest BCUT2D eigenvalue weighted by Crippen LogP contribution is -2.44. The van der Waals surface area contributed by atoms with Crippen LogP contribution >= 0.6 is 0 Å². The van der Waals surface area contributed by atoms with Crippen molar-refractivity contribution in [3.05, 3.63) is 24.2 Å². The monoisotopic (exact) mass is 221 g/mol. The Labute approximate surface area is 94.2 Å². The third kappa shape index (κ3) is 1.90. The SMILES string of the molecule is O=C(CN1CC2CCC(C1)O2)c1ccco1. The van der Waals surface area contributed by atoms with E-state index in [0.717, 1.165) is 25.9 Å². The second-order valence-electron chi connectivity index (χ2n) is 4.55. The van der Waals surface area contributed by atoms with Crippen molar-refractivity contribution in [2.75, 3.05) is 19.6 Å². The van der Waals surface area contributed by atoms with E-state index >= 15 is 0 Å². The molecule has 2 unspecified atom stereocenters. The van der Waals surface area contributed by atoms with Crippen LogP contribution < -0.4 is 0 Å². The lowest BCUT2D eigenvalue weighted by atomic mass is 10.2. The molecule has 2 aliphatic heterocycles. The molecule has 0 radical (unpaired) electrons. The molecule has 1 aromatic heterocycles. The van der Waals surface area contributed by atoms with Gasteiger partial charge in [-0.15, -0.1) is 0 Å². The third-order valence-corrected chi connectivity index (χ3v) is 3.28. The van der Waals surface area contributed by atoms with Crippen molar-refractivity contribution < 1.29 is 13.9 Å². The van der Waals surface area contributed by atoms with Gasteiger partial charge in [0.05, 0.1) is 25.0 Å². The predicted molar refractivity (Wildman–Crippen MR) is 57.4 cm³/mol. The van der Waals surface area contributed by atoms with E-state index in [0.29, 0.717) is 24.5 Å². The summed E-state index contributed by atoms with van der Waals surface area (Å²) in [7, 11) is 0. The molecule has 0 N–H and O–H groups in total. The Hall–Kier alpha value is -1.13. The van der Waals surface area contributed by atoms with Crippen molar-refractivity contribution in [2.24, 2.45) is 0 Å². The number of Topliss-reactive ketones (excluding diaryl/α,β-unsaturated/α-hetero) is 1. The van der Waals surface area contributed by atoms with Crippen LogP contribution in [-0.2, 0) is 4.74 Å². The quantitative estimate of drug-likeness (QED) is 0.722. The first kappa shape index (κ1) is 10.1. The largest absolute Gasteiger partial charge is 0.461 e. The molecule has 2 atom stereocenters. The van der Waals surface area contributed by atoms with Gasteiger partial charge in [0.1, 0.15) is 0 Å². The van der Waals surface area contributed by atoms with Gasteiger partial charge in [0.15, 0.2) is 5.76 Å². The molecule has 0 saturated carbocycles. The smallest absolute Gasteiger partial charge is 0.211 e. The molecule has 0 amide bonds. The molecule has 86 valence electrons.